The predicted molar refractivity (Wildman–Crippen MR) is 89.7 cm³/mol. The van der Waals surface area contributed by atoms with Crippen LogP contribution >= 0.6 is 0 Å². The standard InChI is InChI=1S/C19H27N/c1-7-18-13-17(9-8-16(18)6)10-11-19(12-14(2)3)20-15(4)5/h8-9,12-13,20H,2,4,7,10-11H2,1,3,5-6H3/b19-12-. The van der Waals surface area contributed by atoms with Gasteiger partial charge in [0.2, 0.25) is 0 Å². The maximum atomic E-state index is 3.95. The van der Waals surface area contributed by atoms with E-state index in [1.54, 1.807) is 0 Å². The second-order valence-corrected chi connectivity index (χ2v) is 5.54. The molecule has 0 radical (unpaired) electrons. The van der Waals surface area contributed by atoms with Crippen LogP contribution in [0.4, 0.5) is 0 Å². The van der Waals surface area contributed by atoms with E-state index in [2.05, 4.69) is 56.6 Å². The molecule has 108 valence electrons. The summed E-state index contributed by atoms with van der Waals surface area (Å²) in [4.78, 5) is 0. The molecule has 1 N–H and O–H groups in total. The largest absolute Gasteiger partial charge is 0.363 e. The van der Waals surface area contributed by atoms with Crippen molar-refractivity contribution in [2.45, 2.75) is 47.0 Å². The molecule has 1 rings (SSSR count). The molecule has 0 aliphatic carbocycles. The minimum Gasteiger partial charge on any atom is -0.363 e. The summed E-state index contributed by atoms with van der Waals surface area (Å²) in [5, 5.41) is 3.33. The van der Waals surface area contributed by atoms with E-state index in [1.165, 1.54) is 22.4 Å². The van der Waals surface area contributed by atoms with Crippen LogP contribution in [0.25, 0.3) is 0 Å². The minimum atomic E-state index is 0.968. The third kappa shape index (κ3) is 5.48. The lowest BCUT2D eigenvalue weighted by Gasteiger charge is -2.12. The molecule has 0 aliphatic heterocycles. The lowest BCUT2D eigenvalue weighted by molar-refractivity contribution is 0.831. The van der Waals surface area contributed by atoms with Crippen molar-refractivity contribution in [1.29, 1.82) is 0 Å². The number of benzene rings is 1. The highest BCUT2D eigenvalue weighted by Gasteiger charge is 2.02. The zero-order valence-electron chi connectivity index (χ0n) is 13.3. The van der Waals surface area contributed by atoms with Gasteiger partial charge in [-0.2, -0.15) is 0 Å². The van der Waals surface area contributed by atoms with Crippen LogP contribution < -0.4 is 5.32 Å². The molecule has 0 heterocycles. The van der Waals surface area contributed by atoms with Gasteiger partial charge in [-0.15, -0.1) is 0 Å². The monoisotopic (exact) mass is 269 g/mol. The number of aryl methyl sites for hydroxylation is 3. The van der Waals surface area contributed by atoms with Gasteiger partial charge in [0.15, 0.2) is 0 Å². The van der Waals surface area contributed by atoms with Crippen LogP contribution in [0.5, 0.6) is 0 Å². The van der Waals surface area contributed by atoms with Gasteiger partial charge in [-0.05, 0) is 62.8 Å². The molecule has 0 aliphatic rings. The van der Waals surface area contributed by atoms with Crippen LogP contribution in [0.2, 0.25) is 0 Å². The lowest BCUT2D eigenvalue weighted by Crippen LogP contribution is -2.11. The van der Waals surface area contributed by atoms with Crippen molar-refractivity contribution in [2.24, 2.45) is 0 Å². The molecule has 0 saturated carbocycles. The summed E-state index contributed by atoms with van der Waals surface area (Å²) >= 11 is 0. The van der Waals surface area contributed by atoms with Gasteiger partial charge in [-0.25, -0.2) is 0 Å². The van der Waals surface area contributed by atoms with Crippen LogP contribution in [0.3, 0.4) is 0 Å². The average Bonchev–Trinajstić information content (AvgIpc) is 2.36. The molecule has 0 spiro atoms. The van der Waals surface area contributed by atoms with Crippen LogP contribution in [0.15, 0.2) is 54.4 Å². The molecule has 0 amide bonds. The van der Waals surface area contributed by atoms with Crippen LogP contribution in [-0.2, 0) is 12.8 Å². The van der Waals surface area contributed by atoms with E-state index in [9.17, 15) is 0 Å². The van der Waals surface area contributed by atoms with Crippen LogP contribution in [0, 0.1) is 6.92 Å². The molecule has 0 fully saturated rings. The summed E-state index contributed by atoms with van der Waals surface area (Å²) in [5.41, 5.74) is 7.43. The van der Waals surface area contributed by atoms with E-state index in [4.69, 9.17) is 0 Å². The fourth-order valence-corrected chi connectivity index (χ4v) is 2.28. The number of allylic oxidation sites excluding steroid dienone is 4. The second kappa shape index (κ2) is 7.74. The molecule has 0 saturated heterocycles. The Morgan fingerprint density at radius 1 is 1.25 bits per heavy atom. The SMILES string of the molecule is C=C(C)/C=C(/CCc1ccc(C)c(CC)c1)NC(=C)C. The summed E-state index contributed by atoms with van der Waals surface area (Å²) in [6, 6.07) is 6.78. The Morgan fingerprint density at radius 3 is 2.50 bits per heavy atom. The number of hydrogen-bond acceptors (Lipinski definition) is 1. The molecule has 1 aromatic carbocycles. The van der Waals surface area contributed by atoms with E-state index in [0.717, 1.165) is 30.5 Å². The highest BCUT2D eigenvalue weighted by molar-refractivity contribution is 5.32. The highest BCUT2D eigenvalue weighted by atomic mass is 14.9. The summed E-state index contributed by atoms with van der Waals surface area (Å²) in [6.45, 7) is 16.2. The van der Waals surface area contributed by atoms with Crippen LogP contribution in [0.1, 0.15) is 43.9 Å². The Morgan fingerprint density at radius 2 is 1.95 bits per heavy atom. The molecule has 1 aromatic rings. The minimum absolute atomic E-state index is 0.968. The average molecular weight is 269 g/mol. The summed E-state index contributed by atoms with van der Waals surface area (Å²) in [7, 11) is 0. The first-order valence-corrected chi connectivity index (χ1v) is 7.29. The smallest absolute Gasteiger partial charge is 0.0154 e. The van der Waals surface area contributed by atoms with E-state index in [-0.39, 0.29) is 0 Å². The predicted octanol–water partition coefficient (Wildman–Crippen LogP) is 5.07. The van der Waals surface area contributed by atoms with E-state index in [0.29, 0.717) is 0 Å². The Bertz CT molecular complexity index is 521. The molecule has 0 unspecified atom stereocenters. The van der Waals surface area contributed by atoms with Gasteiger partial charge in [-0.3, -0.25) is 0 Å². The van der Waals surface area contributed by atoms with Crippen molar-refractivity contribution >= 4 is 0 Å². The molecule has 0 bridgehead atoms. The molecule has 0 aromatic heterocycles. The third-order valence-electron chi connectivity index (χ3n) is 3.27. The first-order valence-electron chi connectivity index (χ1n) is 7.29. The quantitative estimate of drug-likeness (QED) is 0.681. The zero-order chi connectivity index (χ0) is 15.1. The maximum Gasteiger partial charge on any atom is 0.0154 e. The zero-order valence-corrected chi connectivity index (χ0v) is 13.3. The highest BCUT2D eigenvalue weighted by Crippen LogP contribution is 2.15. The fourth-order valence-electron chi connectivity index (χ4n) is 2.28. The van der Waals surface area contributed by atoms with E-state index in [1.807, 2.05) is 13.8 Å². The van der Waals surface area contributed by atoms with Crippen molar-refractivity contribution < 1.29 is 0 Å². The summed E-state index contributed by atoms with van der Waals surface area (Å²) in [5.74, 6) is 0. The van der Waals surface area contributed by atoms with Crippen molar-refractivity contribution in [3.8, 4) is 0 Å². The normalized spacial score (nSPS) is 11.3. The van der Waals surface area contributed by atoms with Gasteiger partial charge < -0.3 is 5.32 Å². The number of nitrogens with one attached hydrogen (secondary N) is 1. The Labute approximate surface area is 124 Å². The Hall–Kier alpha value is -1.76. The van der Waals surface area contributed by atoms with Gasteiger partial charge in [0.25, 0.3) is 0 Å². The number of rotatable bonds is 7. The van der Waals surface area contributed by atoms with Crippen molar-refractivity contribution in [3.63, 3.8) is 0 Å². The van der Waals surface area contributed by atoms with Crippen molar-refractivity contribution in [3.05, 3.63) is 71.1 Å². The maximum absolute atomic E-state index is 3.95. The fraction of sp³-hybridized carbons (Fsp3) is 0.368. The third-order valence-corrected chi connectivity index (χ3v) is 3.27. The topological polar surface area (TPSA) is 12.0 Å². The molecule has 20 heavy (non-hydrogen) atoms. The summed E-state index contributed by atoms with van der Waals surface area (Å²) < 4.78 is 0. The molecule has 0 atom stereocenters. The van der Waals surface area contributed by atoms with Crippen molar-refractivity contribution in [1.82, 2.24) is 5.32 Å². The van der Waals surface area contributed by atoms with Crippen LogP contribution in [-0.4, -0.2) is 0 Å². The molecular weight excluding hydrogens is 242 g/mol. The van der Waals surface area contributed by atoms with Gasteiger partial charge in [0.05, 0.1) is 0 Å². The first kappa shape index (κ1) is 16.3. The lowest BCUT2D eigenvalue weighted by atomic mass is 9.99. The summed E-state index contributed by atoms with van der Waals surface area (Å²) in [6.07, 6.45) is 5.21. The molecular formula is C19H27N. The Kier molecular flexibility index (Phi) is 6.30. The van der Waals surface area contributed by atoms with E-state index < -0.39 is 0 Å². The molecule has 1 heteroatoms. The number of hydrogen-bond donors (Lipinski definition) is 1. The first-order chi connectivity index (χ1) is 9.42. The van der Waals surface area contributed by atoms with E-state index >= 15 is 0 Å². The van der Waals surface area contributed by atoms with Crippen molar-refractivity contribution in [2.75, 3.05) is 0 Å². The second-order valence-electron chi connectivity index (χ2n) is 5.54. The van der Waals surface area contributed by atoms with Gasteiger partial charge in [0.1, 0.15) is 0 Å². The van der Waals surface area contributed by atoms with Gasteiger partial charge >= 0.3 is 0 Å². The van der Waals surface area contributed by atoms with Gasteiger partial charge in [-0.1, -0.05) is 43.9 Å². The van der Waals surface area contributed by atoms with Gasteiger partial charge in [0, 0.05) is 11.4 Å². The molecule has 1 nitrogen and oxygen atoms in total. The Balaban J connectivity index is 2.77.